The van der Waals surface area contributed by atoms with E-state index in [2.05, 4.69) is 5.32 Å². The smallest absolute Gasteiger partial charge is 0.251 e. The van der Waals surface area contributed by atoms with E-state index in [1.165, 1.54) is 0 Å². The molecule has 0 aliphatic heterocycles. The predicted molar refractivity (Wildman–Crippen MR) is 74.8 cm³/mol. The van der Waals surface area contributed by atoms with E-state index >= 15 is 0 Å². The van der Waals surface area contributed by atoms with Gasteiger partial charge in [-0.1, -0.05) is 12.1 Å². The van der Waals surface area contributed by atoms with E-state index in [9.17, 15) is 4.79 Å². The molecule has 0 bridgehead atoms. The van der Waals surface area contributed by atoms with Crippen LogP contribution in [0.2, 0.25) is 0 Å². The zero-order valence-electron chi connectivity index (χ0n) is 11.6. The Bertz CT molecular complexity index is 440. The van der Waals surface area contributed by atoms with E-state index in [4.69, 9.17) is 10.5 Å². The summed E-state index contributed by atoms with van der Waals surface area (Å²) in [4.78, 5) is 12.2. The zero-order valence-corrected chi connectivity index (χ0v) is 11.6. The van der Waals surface area contributed by atoms with Crippen LogP contribution >= 0.6 is 0 Å². The second-order valence-corrected chi connectivity index (χ2v) is 5.48. The van der Waals surface area contributed by atoms with Gasteiger partial charge in [0.25, 0.3) is 5.91 Å². The maximum Gasteiger partial charge on any atom is 0.251 e. The molecule has 3 N–H and O–H groups in total. The third kappa shape index (κ3) is 3.33. The van der Waals surface area contributed by atoms with Gasteiger partial charge in [0.1, 0.15) is 0 Å². The first-order chi connectivity index (χ1) is 9.09. The van der Waals surface area contributed by atoms with Crippen LogP contribution in [0, 0.1) is 5.92 Å². The number of nitrogens with one attached hydrogen (secondary N) is 1. The maximum absolute atomic E-state index is 12.2. The van der Waals surface area contributed by atoms with Crippen LogP contribution in [-0.2, 0) is 11.3 Å². The molecule has 0 aromatic heterocycles. The Morgan fingerprint density at radius 1 is 1.42 bits per heavy atom. The molecule has 1 aromatic carbocycles. The molecule has 19 heavy (non-hydrogen) atoms. The lowest BCUT2D eigenvalue weighted by Gasteiger charge is -2.29. The van der Waals surface area contributed by atoms with Crippen LogP contribution in [0.4, 0.5) is 0 Å². The molecule has 4 heteroatoms. The van der Waals surface area contributed by atoms with Crippen molar-refractivity contribution in [3.8, 4) is 0 Å². The number of nitrogens with two attached hydrogens (primary N) is 1. The van der Waals surface area contributed by atoms with Crippen molar-refractivity contribution in [2.24, 2.45) is 11.7 Å². The van der Waals surface area contributed by atoms with Crippen LogP contribution in [0.5, 0.6) is 0 Å². The minimum absolute atomic E-state index is 0.0520. The number of carbonyl (C=O) groups excluding carboxylic acids is 1. The SMILES string of the molecule is COCc1ccc(C(=O)NC(C)(CN)C2CC2)cc1. The first-order valence-electron chi connectivity index (χ1n) is 6.69. The second kappa shape index (κ2) is 5.72. The fraction of sp³-hybridized carbons (Fsp3) is 0.533. The van der Waals surface area contributed by atoms with Crippen molar-refractivity contribution in [1.82, 2.24) is 5.32 Å². The Labute approximate surface area is 114 Å². The van der Waals surface area contributed by atoms with Crippen LogP contribution in [0.25, 0.3) is 0 Å². The van der Waals surface area contributed by atoms with Crippen molar-refractivity contribution in [2.45, 2.75) is 31.9 Å². The van der Waals surface area contributed by atoms with E-state index in [0.29, 0.717) is 24.6 Å². The van der Waals surface area contributed by atoms with E-state index in [1.807, 2.05) is 31.2 Å². The highest BCUT2D eigenvalue weighted by atomic mass is 16.5. The minimum Gasteiger partial charge on any atom is -0.380 e. The van der Waals surface area contributed by atoms with Gasteiger partial charge in [-0.25, -0.2) is 0 Å². The van der Waals surface area contributed by atoms with Gasteiger partial charge in [0, 0.05) is 19.2 Å². The topological polar surface area (TPSA) is 64.3 Å². The van der Waals surface area contributed by atoms with Crippen LogP contribution in [0.1, 0.15) is 35.7 Å². The summed E-state index contributed by atoms with van der Waals surface area (Å²) in [6, 6.07) is 7.48. The Morgan fingerprint density at radius 2 is 2.05 bits per heavy atom. The van der Waals surface area contributed by atoms with Crippen molar-refractivity contribution in [3.63, 3.8) is 0 Å². The molecule has 0 heterocycles. The molecule has 1 amide bonds. The molecule has 1 aromatic rings. The molecule has 1 saturated carbocycles. The van der Waals surface area contributed by atoms with Gasteiger partial charge in [-0.2, -0.15) is 0 Å². The van der Waals surface area contributed by atoms with Gasteiger partial charge >= 0.3 is 0 Å². The second-order valence-electron chi connectivity index (χ2n) is 5.48. The third-order valence-electron chi connectivity index (χ3n) is 3.83. The molecule has 1 aliphatic rings. The average Bonchev–Trinajstić information content (AvgIpc) is 3.24. The Balaban J connectivity index is 2.02. The normalized spacial score (nSPS) is 17.8. The van der Waals surface area contributed by atoms with Gasteiger partial charge in [-0.05, 0) is 43.4 Å². The van der Waals surface area contributed by atoms with Gasteiger partial charge in [-0.15, -0.1) is 0 Å². The molecule has 2 rings (SSSR count). The summed E-state index contributed by atoms with van der Waals surface area (Å²) in [5.41, 5.74) is 7.26. The van der Waals surface area contributed by atoms with Gasteiger partial charge in [0.2, 0.25) is 0 Å². The largest absolute Gasteiger partial charge is 0.380 e. The maximum atomic E-state index is 12.2. The van der Waals surface area contributed by atoms with E-state index in [1.54, 1.807) is 7.11 Å². The highest BCUT2D eigenvalue weighted by Crippen LogP contribution is 2.39. The number of ether oxygens (including phenoxy) is 1. The molecular weight excluding hydrogens is 240 g/mol. The highest BCUT2D eigenvalue weighted by molar-refractivity contribution is 5.94. The molecule has 1 unspecified atom stereocenters. The number of hydrogen-bond donors (Lipinski definition) is 2. The molecule has 0 spiro atoms. The van der Waals surface area contributed by atoms with Crippen LogP contribution in [-0.4, -0.2) is 25.1 Å². The lowest BCUT2D eigenvalue weighted by Crippen LogP contribution is -2.53. The van der Waals surface area contributed by atoms with Crippen molar-refractivity contribution in [2.75, 3.05) is 13.7 Å². The first kappa shape index (κ1) is 14.0. The lowest BCUT2D eigenvalue weighted by molar-refractivity contribution is 0.0897. The Morgan fingerprint density at radius 3 is 2.53 bits per heavy atom. The summed E-state index contributed by atoms with van der Waals surface area (Å²) in [7, 11) is 1.66. The zero-order chi connectivity index (χ0) is 13.9. The van der Waals surface area contributed by atoms with Crippen LogP contribution < -0.4 is 11.1 Å². The summed E-state index contributed by atoms with van der Waals surface area (Å²) >= 11 is 0. The molecule has 0 radical (unpaired) electrons. The predicted octanol–water partition coefficient (Wildman–Crippen LogP) is 1.69. The molecule has 4 nitrogen and oxygen atoms in total. The third-order valence-corrected chi connectivity index (χ3v) is 3.83. The Kier molecular flexibility index (Phi) is 4.22. The number of amides is 1. The summed E-state index contributed by atoms with van der Waals surface area (Å²) in [6.45, 7) is 3.07. The van der Waals surface area contributed by atoms with Crippen molar-refractivity contribution in [1.29, 1.82) is 0 Å². The standard InChI is InChI=1S/C15H22N2O2/c1-15(10-16,13-7-8-13)17-14(18)12-5-3-11(4-6-12)9-19-2/h3-6,13H,7-10,16H2,1-2H3,(H,17,18). The highest BCUT2D eigenvalue weighted by Gasteiger charge is 2.41. The summed E-state index contributed by atoms with van der Waals surface area (Å²) in [5.74, 6) is 0.470. The molecular formula is C15H22N2O2. The van der Waals surface area contributed by atoms with E-state index in [0.717, 1.165) is 18.4 Å². The minimum atomic E-state index is -0.276. The quantitative estimate of drug-likeness (QED) is 0.820. The van der Waals surface area contributed by atoms with Crippen molar-refractivity contribution in [3.05, 3.63) is 35.4 Å². The average molecular weight is 262 g/mol. The van der Waals surface area contributed by atoms with Crippen molar-refractivity contribution < 1.29 is 9.53 Å². The Hall–Kier alpha value is -1.39. The number of hydrogen-bond acceptors (Lipinski definition) is 3. The lowest BCUT2D eigenvalue weighted by atomic mass is 9.95. The van der Waals surface area contributed by atoms with Crippen molar-refractivity contribution >= 4 is 5.91 Å². The van der Waals surface area contributed by atoms with E-state index in [-0.39, 0.29) is 11.4 Å². The van der Waals surface area contributed by atoms with Gasteiger partial charge in [0.05, 0.1) is 12.1 Å². The summed E-state index contributed by atoms with van der Waals surface area (Å²) < 4.78 is 5.05. The molecule has 1 fully saturated rings. The van der Waals surface area contributed by atoms with E-state index < -0.39 is 0 Å². The molecule has 1 aliphatic carbocycles. The number of rotatable bonds is 6. The van der Waals surface area contributed by atoms with Gasteiger partial charge in [-0.3, -0.25) is 4.79 Å². The molecule has 104 valence electrons. The summed E-state index contributed by atoms with van der Waals surface area (Å²) in [6.07, 6.45) is 2.31. The fourth-order valence-corrected chi connectivity index (χ4v) is 2.29. The molecule has 1 atom stereocenters. The number of benzene rings is 1. The monoisotopic (exact) mass is 262 g/mol. The fourth-order valence-electron chi connectivity index (χ4n) is 2.29. The van der Waals surface area contributed by atoms with Gasteiger partial charge in [0.15, 0.2) is 0 Å². The summed E-state index contributed by atoms with van der Waals surface area (Å²) in [5, 5.41) is 3.08. The van der Waals surface area contributed by atoms with Crippen LogP contribution in [0.15, 0.2) is 24.3 Å². The molecule has 0 saturated heterocycles. The van der Waals surface area contributed by atoms with Crippen LogP contribution in [0.3, 0.4) is 0 Å². The number of carbonyl (C=O) groups is 1. The van der Waals surface area contributed by atoms with Gasteiger partial charge < -0.3 is 15.8 Å². The number of methoxy groups -OCH3 is 1. The first-order valence-corrected chi connectivity index (χ1v) is 6.69.